The number of ether oxygens (including phenoxy) is 1. The van der Waals surface area contributed by atoms with Gasteiger partial charge in [0.2, 0.25) is 0 Å². The maximum absolute atomic E-state index is 13.4. The molecule has 0 fully saturated rings. The van der Waals surface area contributed by atoms with E-state index in [4.69, 9.17) is 4.74 Å². The lowest BCUT2D eigenvalue weighted by Crippen LogP contribution is -2.36. The molecule has 2 aromatic carbocycles. The van der Waals surface area contributed by atoms with Crippen LogP contribution in [-0.4, -0.2) is 46.7 Å². The highest BCUT2D eigenvalue weighted by molar-refractivity contribution is 7.14. The number of imide groups is 1. The Hall–Kier alpha value is -3.99. The molecule has 3 amide bonds. The number of esters is 1. The topological polar surface area (TPSA) is 106 Å². The molecule has 1 aliphatic heterocycles. The van der Waals surface area contributed by atoms with Crippen LogP contribution in [-0.2, 0) is 14.3 Å². The van der Waals surface area contributed by atoms with Crippen molar-refractivity contribution in [2.24, 2.45) is 0 Å². The van der Waals surface area contributed by atoms with Crippen LogP contribution < -0.4 is 5.32 Å². The van der Waals surface area contributed by atoms with Gasteiger partial charge in [-0.1, -0.05) is 12.1 Å². The van der Waals surface area contributed by atoms with Crippen molar-refractivity contribution in [3.63, 3.8) is 0 Å². The van der Waals surface area contributed by atoms with Gasteiger partial charge in [0.15, 0.2) is 23.4 Å². The number of benzene rings is 2. The summed E-state index contributed by atoms with van der Waals surface area (Å²) in [5.74, 6) is -4.87. The molecule has 11 heteroatoms. The van der Waals surface area contributed by atoms with Crippen LogP contribution in [0.5, 0.6) is 0 Å². The number of fused-ring (bicyclic) bond motifs is 1. The summed E-state index contributed by atoms with van der Waals surface area (Å²) in [5.41, 5.74) is 1.05. The number of carbonyl (C=O) groups is 4. The van der Waals surface area contributed by atoms with Gasteiger partial charge in [-0.05, 0) is 30.3 Å². The van der Waals surface area contributed by atoms with E-state index in [-0.39, 0.29) is 16.3 Å². The quantitative estimate of drug-likeness (QED) is 0.451. The van der Waals surface area contributed by atoms with Crippen molar-refractivity contribution in [3.8, 4) is 11.3 Å². The largest absolute Gasteiger partial charge is 0.454 e. The molecule has 4 rings (SSSR count). The molecule has 8 nitrogen and oxygen atoms in total. The second kappa shape index (κ2) is 8.63. The van der Waals surface area contributed by atoms with Gasteiger partial charge in [-0.2, -0.15) is 0 Å². The highest BCUT2D eigenvalue weighted by Crippen LogP contribution is 2.26. The molecule has 0 radical (unpaired) electrons. The third-order valence-corrected chi connectivity index (χ3v) is 5.25. The lowest BCUT2D eigenvalue weighted by Gasteiger charge is -2.12. The summed E-state index contributed by atoms with van der Waals surface area (Å²) in [7, 11) is 0. The Morgan fingerprint density at radius 1 is 1.03 bits per heavy atom. The van der Waals surface area contributed by atoms with E-state index < -0.39 is 48.5 Å². The Morgan fingerprint density at radius 2 is 1.72 bits per heavy atom. The van der Waals surface area contributed by atoms with Gasteiger partial charge >= 0.3 is 5.97 Å². The molecule has 162 valence electrons. The zero-order valence-corrected chi connectivity index (χ0v) is 16.9. The number of amides is 3. The molecular weight excluding hydrogens is 444 g/mol. The molecule has 0 aliphatic carbocycles. The number of hydrogen-bond donors (Lipinski definition) is 1. The summed E-state index contributed by atoms with van der Waals surface area (Å²) < 4.78 is 31.3. The van der Waals surface area contributed by atoms with E-state index in [2.05, 4.69) is 10.3 Å². The molecule has 0 spiro atoms. The Labute approximate surface area is 183 Å². The predicted molar refractivity (Wildman–Crippen MR) is 109 cm³/mol. The van der Waals surface area contributed by atoms with Crippen molar-refractivity contribution in [2.45, 2.75) is 0 Å². The Balaban J connectivity index is 1.30. The average molecular weight is 457 g/mol. The van der Waals surface area contributed by atoms with Crippen LogP contribution in [0.1, 0.15) is 20.7 Å². The van der Waals surface area contributed by atoms with Crippen LogP contribution in [0, 0.1) is 11.6 Å². The molecule has 3 aromatic rings. The number of aromatic nitrogens is 1. The second-order valence-electron chi connectivity index (χ2n) is 6.62. The van der Waals surface area contributed by atoms with E-state index in [0.29, 0.717) is 11.3 Å². The van der Waals surface area contributed by atoms with Crippen molar-refractivity contribution < 1.29 is 32.7 Å². The molecule has 1 N–H and O–H groups in total. The maximum Gasteiger partial charge on any atom is 0.326 e. The summed E-state index contributed by atoms with van der Waals surface area (Å²) in [6.45, 7) is -1.29. The van der Waals surface area contributed by atoms with Crippen molar-refractivity contribution in [2.75, 3.05) is 18.5 Å². The van der Waals surface area contributed by atoms with Crippen molar-refractivity contribution in [3.05, 3.63) is 70.6 Å². The standard InChI is InChI=1S/C21H13F2N3O5S/c22-14-6-5-11(7-15(14)23)16-10-32-21(24-16)25-17(27)9-31-18(28)8-26-19(29)12-3-1-2-4-13(12)20(26)30/h1-7,10H,8-9H2,(H,24,25,27). The maximum atomic E-state index is 13.4. The van der Waals surface area contributed by atoms with Crippen LogP contribution in [0.25, 0.3) is 11.3 Å². The number of nitrogens with one attached hydrogen (secondary N) is 1. The molecule has 0 saturated heterocycles. The van der Waals surface area contributed by atoms with Crippen molar-refractivity contribution >= 4 is 40.2 Å². The summed E-state index contributed by atoms with van der Waals surface area (Å²) >= 11 is 1.04. The number of carbonyl (C=O) groups excluding carboxylic acids is 4. The molecular formula is C21H13F2N3O5S. The first-order valence-electron chi connectivity index (χ1n) is 9.15. The minimum Gasteiger partial charge on any atom is -0.454 e. The Morgan fingerprint density at radius 3 is 2.38 bits per heavy atom. The van der Waals surface area contributed by atoms with Gasteiger partial charge < -0.3 is 4.74 Å². The van der Waals surface area contributed by atoms with Crippen molar-refractivity contribution in [1.29, 1.82) is 0 Å². The van der Waals surface area contributed by atoms with E-state index in [1.165, 1.54) is 23.6 Å². The number of anilines is 1. The van der Waals surface area contributed by atoms with Gasteiger partial charge in [-0.3, -0.25) is 29.4 Å². The van der Waals surface area contributed by atoms with Crippen molar-refractivity contribution in [1.82, 2.24) is 9.88 Å². The summed E-state index contributed by atoms with van der Waals surface area (Å²) in [6, 6.07) is 9.47. The average Bonchev–Trinajstić information content (AvgIpc) is 3.33. The highest BCUT2D eigenvalue weighted by atomic mass is 32.1. The molecule has 0 bridgehead atoms. The van der Waals surface area contributed by atoms with Gasteiger partial charge in [0.1, 0.15) is 6.54 Å². The fourth-order valence-corrected chi connectivity index (χ4v) is 3.71. The second-order valence-corrected chi connectivity index (χ2v) is 7.48. The minimum atomic E-state index is -1.02. The first kappa shape index (κ1) is 21.2. The van der Waals surface area contributed by atoms with E-state index in [1.54, 1.807) is 12.1 Å². The zero-order valence-electron chi connectivity index (χ0n) is 16.1. The molecule has 32 heavy (non-hydrogen) atoms. The number of rotatable bonds is 6. The molecule has 1 aliphatic rings. The minimum absolute atomic E-state index is 0.158. The highest BCUT2D eigenvalue weighted by Gasteiger charge is 2.36. The van der Waals surface area contributed by atoms with Crippen LogP contribution in [0.3, 0.4) is 0 Å². The molecule has 0 saturated carbocycles. The van der Waals surface area contributed by atoms with Crippen LogP contribution in [0.15, 0.2) is 47.8 Å². The monoisotopic (exact) mass is 457 g/mol. The third kappa shape index (κ3) is 4.23. The number of nitrogens with zero attached hydrogens (tertiary/aromatic N) is 2. The molecule has 0 unspecified atom stereocenters. The van der Waals surface area contributed by atoms with Gasteiger partial charge in [-0.25, -0.2) is 13.8 Å². The summed E-state index contributed by atoms with van der Waals surface area (Å²) in [5, 5.41) is 4.11. The van der Waals surface area contributed by atoms with Crippen LogP contribution in [0.2, 0.25) is 0 Å². The molecule has 1 aromatic heterocycles. The fraction of sp³-hybridized carbons (Fsp3) is 0.0952. The lowest BCUT2D eigenvalue weighted by molar-refractivity contribution is -0.147. The Kier molecular flexibility index (Phi) is 5.73. The normalized spacial score (nSPS) is 12.6. The number of hydrogen-bond acceptors (Lipinski definition) is 7. The van der Waals surface area contributed by atoms with E-state index in [9.17, 15) is 28.0 Å². The van der Waals surface area contributed by atoms with E-state index in [0.717, 1.165) is 28.4 Å². The number of halogens is 2. The van der Waals surface area contributed by atoms with Gasteiger partial charge in [0.05, 0.1) is 16.8 Å². The fourth-order valence-electron chi connectivity index (χ4n) is 2.98. The first-order chi connectivity index (χ1) is 15.3. The van der Waals surface area contributed by atoms with Crippen LogP contribution >= 0.6 is 11.3 Å². The lowest BCUT2D eigenvalue weighted by atomic mass is 10.1. The summed E-state index contributed by atoms with van der Waals surface area (Å²) in [4.78, 5) is 53.4. The smallest absolute Gasteiger partial charge is 0.326 e. The van der Waals surface area contributed by atoms with Gasteiger partial charge in [0.25, 0.3) is 17.7 Å². The van der Waals surface area contributed by atoms with Gasteiger partial charge in [-0.15, -0.1) is 11.3 Å². The SMILES string of the molecule is O=C(COC(=O)CN1C(=O)c2ccccc2C1=O)Nc1nc(-c2ccc(F)c(F)c2)cs1. The molecule has 2 heterocycles. The van der Waals surface area contributed by atoms with E-state index >= 15 is 0 Å². The number of thiazole rings is 1. The zero-order chi connectivity index (χ0) is 22.8. The first-order valence-corrected chi connectivity index (χ1v) is 10.0. The third-order valence-electron chi connectivity index (χ3n) is 4.50. The summed E-state index contributed by atoms with van der Waals surface area (Å²) in [6.07, 6.45) is 0. The van der Waals surface area contributed by atoms with Gasteiger partial charge in [0, 0.05) is 10.9 Å². The Bertz CT molecular complexity index is 1220. The van der Waals surface area contributed by atoms with Crippen LogP contribution in [0.4, 0.5) is 13.9 Å². The van der Waals surface area contributed by atoms with E-state index in [1.807, 2.05) is 0 Å². The predicted octanol–water partition coefficient (Wildman–Crippen LogP) is 2.87. The molecule has 0 atom stereocenters.